The summed E-state index contributed by atoms with van der Waals surface area (Å²) in [5.41, 5.74) is 14.5. The second kappa shape index (κ2) is 9.52. The fourth-order valence-electron chi connectivity index (χ4n) is 2.51. The number of nitrogens with two attached hydrogens (primary N) is 2. The molecule has 2 rings (SSSR count). The molecule has 0 fully saturated rings. The monoisotopic (exact) mass is 408 g/mol. The van der Waals surface area contributed by atoms with Crippen LogP contribution in [0, 0.1) is 0 Å². The predicted octanol–water partition coefficient (Wildman–Crippen LogP) is 5.15. The fourth-order valence-corrected chi connectivity index (χ4v) is 3.17. The third kappa shape index (κ3) is 5.28. The largest absolute Gasteiger partial charge is 0.383 e. The van der Waals surface area contributed by atoms with Crippen molar-refractivity contribution in [1.29, 1.82) is 0 Å². The summed E-state index contributed by atoms with van der Waals surface area (Å²) in [7, 11) is 0. The van der Waals surface area contributed by atoms with Crippen LogP contribution in [0.15, 0.2) is 12.1 Å². The molecule has 4 N–H and O–H groups in total. The van der Waals surface area contributed by atoms with Crippen LogP contribution in [0.5, 0.6) is 0 Å². The van der Waals surface area contributed by atoms with Crippen molar-refractivity contribution in [3.8, 4) is 0 Å². The summed E-state index contributed by atoms with van der Waals surface area (Å²) in [6, 6.07) is 3.51. The third-order valence-electron chi connectivity index (χ3n) is 3.69. The third-order valence-corrected chi connectivity index (χ3v) is 4.76. The first kappa shape index (κ1) is 21.1. The maximum absolute atomic E-state index is 6.19. The van der Waals surface area contributed by atoms with E-state index in [0.29, 0.717) is 20.9 Å². The number of benzene rings is 1. The van der Waals surface area contributed by atoms with Crippen molar-refractivity contribution in [2.24, 2.45) is 0 Å². The second-order valence-electron chi connectivity index (χ2n) is 5.31. The van der Waals surface area contributed by atoms with E-state index in [1.807, 2.05) is 13.0 Å². The minimum absolute atomic E-state index is 0. The highest BCUT2D eigenvalue weighted by atomic mass is 35.5. The van der Waals surface area contributed by atoms with E-state index >= 15 is 0 Å². The lowest BCUT2D eigenvalue weighted by Crippen LogP contribution is -2.09. The Morgan fingerprint density at radius 1 is 0.917 bits per heavy atom. The molecule has 0 aliphatic rings. The van der Waals surface area contributed by atoms with Gasteiger partial charge >= 0.3 is 0 Å². The van der Waals surface area contributed by atoms with Crippen molar-refractivity contribution in [3.63, 3.8) is 0 Å². The van der Waals surface area contributed by atoms with Crippen molar-refractivity contribution in [3.05, 3.63) is 44.0 Å². The Morgan fingerprint density at radius 3 is 2.21 bits per heavy atom. The zero-order valence-corrected chi connectivity index (χ0v) is 16.4. The zero-order valence-electron chi connectivity index (χ0n) is 13.3. The molecule has 0 radical (unpaired) electrons. The Kier molecular flexibility index (Phi) is 8.37. The summed E-state index contributed by atoms with van der Waals surface area (Å²) in [4.78, 5) is 8.30. The highest BCUT2D eigenvalue weighted by molar-refractivity contribution is 6.43. The number of aryl methyl sites for hydroxylation is 2. The molecule has 0 aliphatic carbocycles. The summed E-state index contributed by atoms with van der Waals surface area (Å²) < 4.78 is 0. The Bertz CT molecular complexity index is 707. The maximum atomic E-state index is 6.19. The number of unbranched alkanes of at least 4 members (excludes halogenated alkanes) is 1. The summed E-state index contributed by atoms with van der Waals surface area (Å²) in [6.07, 6.45) is 4.32. The van der Waals surface area contributed by atoms with E-state index in [1.165, 1.54) is 0 Å². The van der Waals surface area contributed by atoms with Crippen molar-refractivity contribution >= 4 is 59.0 Å². The van der Waals surface area contributed by atoms with Gasteiger partial charge in [-0.2, -0.15) is 4.98 Å². The lowest BCUT2D eigenvalue weighted by Gasteiger charge is -2.11. The van der Waals surface area contributed by atoms with Gasteiger partial charge in [0.15, 0.2) is 0 Å². The first-order chi connectivity index (χ1) is 10.9. The van der Waals surface area contributed by atoms with E-state index < -0.39 is 0 Å². The molecule has 0 bridgehead atoms. The van der Waals surface area contributed by atoms with Gasteiger partial charge in [-0.1, -0.05) is 41.7 Å². The van der Waals surface area contributed by atoms with Gasteiger partial charge < -0.3 is 11.5 Å². The number of hydrogen-bond donors (Lipinski definition) is 2. The summed E-state index contributed by atoms with van der Waals surface area (Å²) >= 11 is 18.2. The van der Waals surface area contributed by atoms with Crippen LogP contribution in [-0.4, -0.2) is 9.97 Å². The van der Waals surface area contributed by atoms with Gasteiger partial charge in [-0.15, -0.1) is 12.4 Å². The number of hydrogen-bond acceptors (Lipinski definition) is 4. The van der Waals surface area contributed by atoms with Crippen LogP contribution in [0.1, 0.15) is 36.6 Å². The van der Waals surface area contributed by atoms with Crippen LogP contribution in [0.3, 0.4) is 0 Å². The second-order valence-corrected chi connectivity index (χ2v) is 6.53. The normalized spacial score (nSPS) is 10.5. The van der Waals surface area contributed by atoms with E-state index in [9.17, 15) is 0 Å². The topological polar surface area (TPSA) is 77.8 Å². The van der Waals surface area contributed by atoms with Gasteiger partial charge in [-0.25, -0.2) is 4.98 Å². The molecular weight excluding hydrogens is 390 g/mol. The van der Waals surface area contributed by atoms with Crippen molar-refractivity contribution in [1.82, 2.24) is 9.97 Å². The van der Waals surface area contributed by atoms with Crippen molar-refractivity contribution < 1.29 is 0 Å². The standard InChI is InChI=1S/C16H19Cl3N4.ClH/c1-2-14-10(15(20)23-16(21)22-14)6-4-3-5-9-7-12(18)13(19)8-11(9)17;/h7-8H,2-6H2,1H3,(H4,20,21,22,23);1H. The molecule has 0 saturated heterocycles. The molecule has 2 aromatic rings. The molecule has 24 heavy (non-hydrogen) atoms. The average molecular weight is 410 g/mol. The molecule has 0 aliphatic heterocycles. The molecule has 1 aromatic heterocycles. The number of halogens is 4. The molecule has 132 valence electrons. The SMILES string of the molecule is CCc1nc(N)nc(N)c1CCCCc1cc(Cl)c(Cl)cc1Cl.Cl. The zero-order chi connectivity index (χ0) is 17.0. The van der Waals surface area contributed by atoms with Gasteiger partial charge in [0.1, 0.15) is 5.82 Å². The maximum Gasteiger partial charge on any atom is 0.222 e. The Morgan fingerprint density at radius 2 is 1.54 bits per heavy atom. The van der Waals surface area contributed by atoms with Crippen LogP contribution in [0.2, 0.25) is 15.1 Å². The van der Waals surface area contributed by atoms with Gasteiger partial charge in [-0.05, 0) is 49.8 Å². The molecule has 8 heteroatoms. The van der Waals surface area contributed by atoms with Gasteiger partial charge in [0.25, 0.3) is 0 Å². The molecule has 4 nitrogen and oxygen atoms in total. The number of nitrogen functional groups attached to an aromatic ring is 2. The number of aromatic nitrogens is 2. The molecule has 0 spiro atoms. The van der Waals surface area contributed by atoms with Gasteiger partial charge in [0, 0.05) is 10.6 Å². The highest BCUT2D eigenvalue weighted by Gasteiger charge is 2.10. The Labute approximate surface area is 163 Å². The summed E-state index contributed by atoms with van der Waals surface area (Å²) in [6.45, 7) is 2.03. The van der Waals surface area contributed by atoms with E-state index in [1.54, 1.807) is 6.07 Å². The van der Waals surface area contributed by atoms with Crippen LogP contribution in [0.25, 0.3) is 0 Å². The molecule has 1 aromatic carbocycles. The first-order valence-electron chi connectivity index (χ1n) is 7.46. The number of anilines is 2. The van der Waals surface area contributed by atoms with Gasteiger partial charge in [-0.3, -0.25) is 0 Å². The highest BCUT2D eigenvalue weighted by Crippen LogP contribution is 2.30. The minimum Gasteiger partial charge on any atom is -0.383 e. The van der Waals surface area contributed by atoms with Crippen LogP contribution < -0.4 is 11.5 Å². The van der Waals surface area contributed by atoms with Crippen LogP contribution >= 0.6 is 47.2 Å². The molecular formula is C16H20Cl4N4. The van der Waals surface area contributed by atoms with E-state index in [2.05, 4.69) is 9.97 Å². The fraction of sp³-hybridized carbons (Fsp3) is 0.375. The van der Waals surface area contributed by atoms with Crippen molar-refractivity contribution in [2.45, 2.75) is 39.0 Å². The molecule has 0 saturated carbocycles. The van der Waals surface area contributed by atoms with Crippen LogP contribution in [0.4, 0.5) is 11.8 Å². The lowest BCUT2D eigenvalue weighted by molar-refractivity contribution is 0.725. The molecule has 0 atom stereocenters. The molecule has 0 amide bonds. The van der Waals surface area contributed by atoms with E-state index in [-0.39, 0.29) is 18.4 Å². The van der Waals surface area contributed by atoms with Crippen molar-refractivity contribution in [2.75, 3.05) is 11.5 Å². The van der Waals surface area contributed by atoms with E-state index in [4.69, 9.17) is 46.3 Å². The minimum atomic E-state index is 0. The predicted molar refractivity (Wildman–Crippen MR) is 106 cm³/mol. The average Bonchev–Trinajstić information content (AvgIpc) is 2.49. The summed E-state index contributed by atoms with van der Waals surface area (Å²) in [5, 5.41) is 1.64. The Balaban J connectivity index is 0.00000288. The molecule has 0 unspecified atom stereocenters. The smallest absolute Gasteiger partial charge is 0.222 e. The lowest BCUT2D eigenvalue weighted by atomic mass is 10.0. The molecule has 1 heterocycles. The number of nitrogens with zero attached hydrogens (tertiary/aromatic N) is 2. The van der Waals surface area contributed by atoms with E-state index in [0.717, 1.165) is 48.9 Å². The Hall–Kier alpha value is -0.940. The quantitative estimate of drug-likeness (QED) is 0.510. The van der Waals surface area contributed by atoms with Gasteiger partial charge in [0.2, 0.25) is 5.95 Å². The van der Waals surface area contributed by atoms with Crippen LogP contribution in [-0.2, 0) is 19.3 Å². The summed E-state index contributed by atoms with van der Waals surface area (Å²) in [5.74, 6) is 0.701. The van der Waals surface area contributed by atoms with Gasteiger partial charge in [0.05, 0.1) is 15.7 Å². The number of rotatable bonds is 6. The first-order valence-corrected chi connectivity index (χ1v) is 8.60.